The van der Waals surface area contributed by atoms with Gasteiger partial charge in [0.05, 0.1) is 24.4 Å². The van der Waals surface area contributed by atoms with Crippen LogP contribution in [0.15, 0.2) is 11.3 Å². The summed E-state index contributed by atoms with van der Waals surface area (Å²) in [5.74, 6) is -1.16. The van der Waals surface area contributed by atoms with Crippen molar-refractivity contribution in [1.29, 1.82) is 0 Å². The Balaban J connectivity index is 2.06. The minimum atomic E-state index is -1.14. The van der Waals surface area contributed by atoms with Crippen molar-refractivity contribution in [1.82, 2.24) is 10.6 Å². The van der Waals surface area contributed by atoms with Crippen LogP contribution < -0.4 is 10.6 Å². The summed E-state index contributed by atoms with van der Waals surface area (Å²) in [6.07, 6.45) is 0.291. The molecule has 1 heterocycles. The summed E-state index contributed by atoms with van der Waals surface area (Å²) in [6, 6.07) is -0.485. The Morgan fingerprint density at radius 2 is 1.95 bits per heavy atom. The molecule has 2 rings (SSSR count). The van der Waals surface area contributed by atoms with Crippen LogP contribution in [0.25, 0.3) is 0 Å². The van der Waals surface area contributed by atoms with E-state index in [0.717, 1.165) is 0 Å². The molecule has 1 atom stereocenters. The average molecular weight is 351 g/mol. The van der Waals surface area contributed by atoms with E-state index in [-0.39, 0.29) is 31.0 Å². The molecule has 0 unspecified atom stereocenters. The third-order valence-corrected chi connectivity index (χ3v) is 4.73. The lowest BCUT2D eigenvalue weighted by Crippen LogP contribution is -2.45. The Labute approximate surface area is 137 Å². The number of amides is 2. The van der Waals surface area contributed by atoms with Crippen LogP contribution >= 0.6 is 23.2 Å². The summed E-state index contributed by atoms with van der Waals surface area (Å²) in [7, 11) is 0. The summed E-state index contributed by atoms with van der Waals surface area (Å²) in [5, 5.41) is 4.89. The molecule has 122 valence electrons. The molecule has 1 aliphatic carbocycles. The molecule has 0 bridgehead atoms. The van der Waals surface area contributed by atoms with Crippen LogP contribution in [0.4, 0.5) is 4.79 Å². The number of alkyl halides is 2. The van der Waals surface area contributed by atoms with E-state index in [1.165, 1.54) is 0 Å². The zero-order valence-corrected chi connectivity index (χ0v) is 13.6. The number of ether oxygens (including phenoxy) is 2. The first-order valence-electron chi connectivity index (χ1n) is 6.70. The van der Waals surface area contributed by atoms with E-state index in [9.17, 15) is 14.4 Å². The maximum Gasteiger partial charge on any atom is 0.337 e. The van der Waals surface area contributed by atoms with Crippen molar-refractivity contribution in [2.45, 2.75) is 24.6 Å². The molecule has 0 spiro atoms. The first-order valence-corrected chi connectivity index (χ1v) is 7.46. The number of esters is 2. The van der Waals surface area contributed by atoms with Gasteiger partial charge >= 0.3 is 18.0 Å². The van der Waals surface area contributed by atoms with Crippen LogP contribution in [0.1, 0.15) is 20.3 Å². The number of carbonyl (C=O) groups is 3. The van der Waals surface area contributed by atoms with Crippen LogP contribution in [0.5, 0.6) is 0 Å². The summed E-state index contributed by atoms with van der Waals surface area (Å²) < 4.78 is 8.89. The summed E-state index contributed by atoms with van der Waals surface area (Å²) in [5.41, 5.74) is -0.578. The van der Waals surface area contributed by atoms with Gasteiger partial charge in [-0.2, -0.15) is 0 Å². The molecular weight excluding hydrogens is 335 g/mol. The number of carbonyl (C=O) groups excluding carboxylic acids is 3. The number of halogens is 2. The standard InChI is InChI=1S/C13H16Cl2N2O5/c1-3-21-9(18)7-4-16-11(20)17-8(7)5-22-10(19)12(2)6-13(12,14)15/h3-6H2,1-2H3,(H2,16,17,20)/t12-/m0/s1. The predicted molar refractivity (Wildman–Crippen MR) is 78.3 cm³/mol. The molecule has 7 nitrogen and oxygen atoms in total. The van der Waals surface area contributed by atoms with Gasteiger partial charge in [-0.05, 0) is 13.8 Å². The van der Waals surface area contributed by atoms with Gasteiger partial charge in [0.1, 0.15) is 16.4 Å². The highest BCUT2D eigenvalue weighted by atomic mass is 35.5. The number of urea groups is 1. The normalized spacial score (nSPS) is 25.9. The molecule has 2 amide bonds. The maximum absolute atomic E-state index is 12.0. The Morgan fingerprint density at radius 3 is 2.50 bits per heavy atom. The molecule has 9 heteroatoms. The van der Waals surface area contributed by atoms with Gasteiger partial charge < -0.3 is 20.1 Å². The quantitative estimate of drug-likeness (QED) is 0.574. The molecule has 1 aliphatic heterocycles. The van der Waals surface area contributed by atoms with E-state index in [0.29, 0.717) is 6.42 Å². The Bertz CT molecular complexity index is 561. The third kappa shape index (κ3) is 3.15. The molecule has 0 aromatic rings. The molecular formula is C13H16Cl2N2O5. The van der Waals surface area contributed by atoms with E-state index in [1.807, 2.05) is 0 Å². The van der Waals surface area contributed by atoms with Crippen LogP contribution in [0.2, 0.25) is 0 Å². The smallest absolute Gasteiger partial charge is 0.337 e. The van der Waals surface area contributed by atoms with Gasteiger partial charge in [-0.15, -0.1) is 23.2 Å². The fourth-order valence-corrected chi connectivity index (χ4v) is 2.68. The van der Waals surface area contributed by atoms with E-state index in [1.54, 1.807) is 13.8 Å². The van der Waals surface area contributed by atoms with Crippen LogP contribution in [0.3, 0.4) is 0 Å². The molecule has 1 saturated carbocycles. The van der Waals surface area contributed by atoms with Crippen molar-refractivity contribution in [2.24, 2.45) is 5.41 Å². The van der Waals surface area contributed by atoms with Crippen molar-refractivity contribution in [3.8, 4) is 0 Å². The predicted octanol–water partition coefficient (Wildman–Crippen LogP) is 1.24. The molecule has 0 aromatic heterocycles. The average Bonchev–Trinajstić information content (AvgIpc) is 2.96. The van der Waals surface area contributed by atoms with Gasteiger partial charge in [-0.25, -0.2) is 9.59 Å². The minimum absolute atomic E-state index is 0.00374. The zero-order valence-electron chi connectivity index (χ0n) is 12.1. The number of hydrogen-bond donors (Lipinski definition) is 2. The Hall–Kier alpha value is -1.47. The SMILES string of the molecule is CCOC(=O)C1=C(COC(=O)[C@]2(C)CC2(Cl)Cl)NC(=O)NC1. The zero-order chi connectivity index (χ0) is 16.5. The fraction of sp³-hybridized carbons (Fsp3) is 0.615. The lowest BCUT2D eigenvalue weighted by molar-refractivity contribution is -0.149. The Kier molecular flexibility index (Phi) is 4.58. The molecule has 0 saturated heterocycles. The lowest BCUT2D eigenvalue weighted by Gasteiger charge is -2.21. The largest absolute Gasteiger partial charge is 0.463 e. The van der Waals surface area contributed by atoms with E-state index in [4.69, 9.17) is 32.7 Å². The monoisotopic (exact) mass is 350 g/mol. The first kappa shape index (κ1) is 16.9. The lowest BCUT2D eigenvalue weighted by atomic mass is 10.1. The highest BCUT2D eigenvalue weighted by Gasteiger charge is 2.69. The molecule has 22 heavy (non-hydrogen) atoms. The van der Waals surface area contributed by atoms with Crippen molar-refractivity contribution in [3.05, 3.63) is 11.3 Å². The van der Waals surface area contributed by atoms with Gasteiger partial charge in [0.25, 0.3) is 0 Å². The van der Waals surface area contributed by atoms with E-state index in [2.05, 4.69) is 10.6 Å². The number of nitrogens with one attached hydrogen (secondary N) is 2. The number of hydrogen-bond acceptors (Lipinski definition) is 5. The minimum Gasteiger partial charge on any atom is -0.463 e. The summed E-state index contributed by atoms with van der Waals surface area (Å²) in [6.45, 7) is 3.20. The second kappa shape index (κ2) is 5.96. The van der Waals surface area contributed by atoms with Crippen LogP contribution in [-0.4, -0.2) is 42.1 Å². The van der Waals surface area contributed by atoms with E-state index < -0.39 is 27.7 Å². The first-order chi connectivity index (χ1) is 10.2. The second-order valence-electron chi connectivity index (χ2n) is 5.27. The Morgan fingerprint density at radius 1 is 1.32 bits per heavy atom. The van der Waals surface area contributed by atoms with Gasteiger partial charge in [-0.1, -0.05) is 0 Å². The molecule has 0 radical (unpaired) electrons. The van der Waals surface area contributed by atoms with E-state index >= 15 is 0 Å². The van der Waals surface area contributed by atoms with Gasteiger partial charge in [0, 0.05) is 6.42 Å². The third-order valence-electron chi connectivity index (χ3n) is 3.63. The number of rotatable bonds is 5. The molecule has 1 fully saturated rings. The van der Waals surface area contributed by atoms with Crippen molar-refractivity contribution < 1.29 is 23.9 Å². The van der Waals surface area contributed by atoms with Crippen LogP contribution in [0, 0.1) is 5.41 Å². The molecule has 2 N–H and O–H groups in total. The highest BCUT2D eigenvalue weighted by molar-refractivity contribution is 6.53. The van der Waals surface area contributed by atoms with Crippen molar-refractivity contribution in [3.63, 3.8) is 0 Å². The van der Waals surface area contributed by atoms with Crippen molar-refractivity contribution in [2.75, 3.05) is 19.8 Å². The topological polar surface area (TPSA) is 93.7 Å². The van der Waals surface area contributed by atoms with Gasteiger partial charge in [0.2, 0.25) is 0 Å². The highest BCUT2D eigenvalue weighted by Crippen LogP contribution is 2.64. The van der Waals surface area contributed by atoms with Crippen molar-refractivity contribution >= 4 is 41.2 Å². The van der Waals surface area contributed by atoms with Crippen LogP contribution in [-0.2, 0) is 19.1 Å². The second-order valence-corrected chi connectivity index (χ2v) is 6.76. The maximum atomic E-state index is 12.0. The van der Waals surface area contributed by atoms with Gasteiger partial charge in [0.15, 0.2) is 0 Å². The van der Waals surface area contributed by atoms with Gasteiger partial charge in [-0.3, -0.25) is 4.79 Å². The summed E-state index contributed by atoms with van der Waals surface area (Å²) in [4.78, 5) is 35.2. The summed E-state index contributed by atoms with van der Waals surface area (Å²) >= 11 is 11.8. The molecule has 0 aromatic carbocycles. The fourth-order valence-electron chi connectivity index (χ4n) is 1.99. The molecule has 2 aliphatic rings.